The van der Waals surface area contributed by atoms with E-state index >= 15 is 0 Å². The van der Waals surface area contributed by atoms with E-state index in [1.165, 1.54) is 0 Å². The Bertz CT molecular complexity index is 952. The summed E-state index contributed by atoms with van der Waals surface area (Å²) >= 11 is 1.55. The number of para-hydroxylation sites is 2. The number of aromatic nitrogens is 1. The molecule has 1 saturated heterocycles. The number of ether oxygens (including phenoxy) is 2. The molecular formula is C23H25N3O3S. The standard InChI is InChI=1S/C23H25N3O3S/c1-2-28-22-6-4-3-5-21(22)25-11-13-26(14-12-25)23(27)18-7-9-20(10-8-18)29-15-19-16-30-17-24-19/h3-10,16-17H,2,11-15H2,1H3. The molecule has 2 heterocycles. The summed E-state index contributed by atoms with van der Waals surface area (Å²) < 4.78 is 11.5. The third kappa shape index (κ3) is 4.74. The molecule has 0 atom stereocenters. The second-order valence-corrected chi connectivity index (χ2v) is 7.69. The van der Waals surface area contributed by atoms with Crippen LogP contribution in [0.25, 0.3) is 0 Å². The SMILES string of the molecule is CCOc1ccccc1N1CCN(C(=O)c2ccc(OCc3cscn3)cc2)CC1. The van der Waals surface area contributed by atoms with Crippen LogP contribution in [0.4, 0.5) is 5.69 Å². The number of anilines is 1. The Hall–Kier alpha value is -3.06. The molecule has 0 unspecified atom stereocenters. The van der Waals surface area contributed by atoms with Crippen LogP contribution < -0.4 is 14.4 Å². The zero-order chi connectivity index (χ0) is 20.8. The number of rotatable bonds is 7. The number of hydrogen-bond donors (Lipinski definition) is 0. The van der Waals surface area contributed by atoms with Gasteiger partial charge in [0.2, 0.25) is 0 Å². The van der Waals surface area contributed by atoms with Crippen LogP contribution in [-0.4, -0.2) is 48.6 Å². The molecule has 0 saturated carbocycles. The first-order valence-corrected chi connectivity index (χ1v) is 11.0. The smallest absolute Gasteiger partial charge is 0.253 e. The van der Waals surface area contributed by atoms with E-state index in [-0.39, 0.29) is 5.91 Å². The lowest BCUT2D eigenvalue weighted by Gasteiger charge is -2.36. The molecule has 156 valence electrons. The van der Waals surface area contributed by atoms with Crippen molar-refractivity contribution in [2.24, 2.45) is 0 Å². The van der Waals surface area contributed by atoms with Gasteiger partial charge in [0.25, 0.3) is 5.91 Å². The van der Waals surface area contributed by atoms with Gasteiger partial charge in [-0.1, -0.05) is 12.1 Å². The number of hydrogen-bond acceptors (Lipinski definition) is 6. The van der Waals surface area contributed by atoms with Crippen LogP contribution in [-0.2, 0) is 6.61 Å². The average molecular weight is 424 g/mol. The van der Waals surface area contributed by atoms with Gasteiger partial charge in [0, 0.05) is 37.1 Å². The van der Waals surface area contributed by atoms with Gasteiger partial charge in [-0.15, -0.1) is 11.3 Å². The maximum atomic E-state index is 12.9. The van der Waals surface area contributed by atoms with Gasteiger partial charge in [-0.05, 0) is 43.3 Å². The number of nitrogens with zero attached hydrogens (tertiary/aromatic N) is 3. The minimum atomic E-state index is 0.0544. The van der Waals surface area contributed by atoms with E-state index in [4.69, 9.17) is 9.47 Å². The second-order valence-electron chi connectivity index (χ2n) is 6.97. The number of benzene rings is 2. The third-order valence-corrected chi connectivity index (χ3v) is 5.68. The van der Waals surface area contributed by atoms with E-state index in [1.54, 1.807) is 16.8 Å². The molecule has 1 aliphatic rings. The van der Waals surface area contributed by atoms with Gasteiger partial charge in [0.05, 0.1) is 23.5 Å². The molecule has 0 spiro atoms. The fourth-order valence-electron chi connectivity index (χ4n) is 3.49. The van der Waals surface area contributed by atoms with E-state index < -0.39 is 0 Å². The molecule has 7 heteroatoms. The number of piperazine rings is 1. The largest absolute Gasteiger partial charge is 0.492 e. The van der Waals surface area contributed by atoms with E-state index in [0.29, 0.717) is 31.9 Å². The molecule has 0 N–H and O–H groups in total. The molecule has 1 amide bonds. The van der Waals surface area contributed by atoms with Crippen LogP contribution in [0.15, 0.2) is 59.4 Å². The third-order valence-electron chi connectivity index (χ3n) is 5.04. The van der Waals surface area contributed by atoms with Crippen molar-refractivity contribution >= 4 is 22.9 Å². The van der Waals surface area contributed by atoms with Crippen molar-refractivity contribution in [3.05, 3.63) is 70.7 Å². The lowest BCUT2D eigenvalue weighted by Crippen LogP contribution is -2.48. The highest BCUT2D eigenvalue weighted by atomic mass is 32.1. The molecule has 2 aromatic carbocycles. The lowest BCUT2D eigenvalue weighted by atomic mass is 10.1. The number of amides is 1. The Balaban J connectivity index is 1.33. The Morgan fingerprint density at radius 2 is 1.80 bits per heavy atom. The van der Waals surface area contributed by atoms with Gasteiger partial charge in [-0.3, -0.25) is 4.79 Å². The van der Waals surface area contributed by atoms with Crippen molar-refractivity contribution in [1.29, 1.82) is 0 Å². The normalized spacial score (nSPS) is 13.9. The summed E-state index contributed by atoms with van der Waals surface area (Å²) in [5, 5.41) is 1.96. The quantitative estimate of drug-likeness (QED) is 0.573. The summed E-state index contributed by atoms with van der Waals surface area (Å²) in [7, 11) is 0. The van der Waals surface area contributed by atoms with Gasteiger partial charge < -0.3 is 19.3 Å². The maximum absolute atomic E-state index is 12.9. The van der Waals surface area contributed by atoms with Crippen LogP contribution in [0.5, 0.6) is 11.5 Å². The maximum Gasteiger partial charge on any atom is 0.253 e. The van der Waals surface area contributed by atoms with E-state index in [2.05, 4.69) is 16.0 Å². The molecule has 6 nitrogen and oxygen atoms in total. The first-order valence-electron chi connectivity index (χ1n) is 10.1. The summed E-state index contributed by atoms with van der Waals surface area (Å²) in [5.74, 6) is 1.68. The molecule has 1 fully saturated rings. The second kappa shape index (κ2) is 9.63. The van der Waals surface area contributed by atoms with Crippen molar-refractivity contribution in [3.8, 4) is 11.5 Å². The summed E-state index contributed by atoms with van der Waals surface area (Å²) in [6.07, 6.45) is 0. The molecule has 3 aromatic rings. The number of carbonyl (C=O) groups excluding carboxylic acids is 1. The molecule has 0 aliphatic carbocycles. The summed E-state index contributed by atoms with van der Waals surface area (Å²) in [5.41, 5.74) is 4.46. The topological polar surface area (TPSA) is 54.9 Å². The van der Waals surface area contributed by atoms with E-state index in [1.807, 2.05) is 59.7 Å². The van der Waals surface area contributed by atoms with E-state index in [0.717, 1.165) is 36.0 Å². The number of thiazole rings is 1. The van der Waals surface area contributed by atoms with Crippen molar-refractivity contribution in [2.75, 3.05) is 37.7 Å². The van der Waals surface area contributed by atoms with Gasteiger partial charge in [0.1, 0.15) is 18.1 Å². The van der Waals surface area contributed by atoms with Gasteiger partial charge in [0.15, 0.2) is 0 Å². The van der Waals surface area contributed by atoms with Crippen molar-refractivity contribution < 1.29 is 14.3 Å². The molecule has 1 aliphatic heterocycles. The summed E-state index contributed by atoms with van der Waals surface area (Å²) in [6.45, 7) is 5.99. The average Bonchev–Trinajstić information content (AvgIpc) is 3.32. The molecule has 4 rings (SSSR count). The number of carbonyl (C=O) groups is 1. The Labute approximate surface area is 180 Å². The molecule has 30 heavy (non-hydrogen) atoms. The molecule has 0 bridgehead atoms. The van der Waals surface area contributed by atoms with Gasteiger partial charge in [-0.2, -0.15) is 0 Å². The van der Waals surface area contributed by atoms with Crippen molar-refractivity contribution in [2.45, 2.75) is 13.5 Å². The predicted octanol–water partition coefficient (Wildman–Crippen LogP) is 4.08. The van der Waals surface area contributed by atoms with Crippen molar-refractivity contribution in [1.82, 2.24) is 9.88 Å². The minimum absolute atomic E-state index is 0.0544. The summed E-state index contributed by atoms with van der Waals surface area (Å²) in [4.78, 5) is 21.3. The fraction of sp³-hybridized carbons (Fsp3) is 0.304. The van der Waals surface area contributed by atoms with Crippen LogP contribution >= 0.6 is 11.3 Å². The van der Waals surface area contributed by atoms with Gasteiger partial charge >= 0.3 is 0 Å². The zero-order valence-corrected chi connectivity index (χ0v) is 17.8. The Morgan fingerprint density at radius 3 is 2.50 bits per heavy atom. The van der Waals surface area contributed by atoms with Crippen molar-refractivity contribution in [3.63, 3.8) is 0 Å². The molecule has 1 aromatic heterocycles. The highest BCUT2D eigenvalue weighted by Gasteiger charge is 2.23. The van der Waals surface area contributed by atoms with Gasteiger partial charge in [-0.25, -0.2) is 4.98 Å². The lowest BCUT2D eigenvalue weighted by molar-refractivity contribution is 0.0746. The predicted molar refractivity (Wildman–Crippen MR) is 119 cm³/mol. The van der Waals surface area contributed by atoms with Crippen LogP contribution in [0.1, 0.15) is 23.0 Å². The zero-order valence-electron chi connectivity index (χ0n) is 17.0. The Kier molecular flexibility index (Phi) is 6.49. The monoisotopic (exact) mass is 423 g/mol. The highest BCUT2D eigenvalue weighted by molar-refractivity contribution is 7.07. The molecular weight excluding hydrogens is 398 g/mol. The Morgan fingerprint density at radius 1 is 1.03 bits per heavy atom. The fourth-order valence-corrected chi connectivity index (χ4v) is 4.03. The highest BCUT2D eigenvalue weighted by Crippen LogP contribution is 2.29. The van der Waals surface area contributed by atoms with E-state index in [9.17, 15) is 4.79 Å². The van der Waals surface area contributed by atoms with Crippen LogP contribution in [0.3, 0.4) is 0 Å². The molecule has 0 radical (unpaired) electrons. The minimum Gasteiger partial charge on any atom is -0.492 e. The first kappa shape index (κ1) is 20.2. The summed E-state index contributed by atoms with van der Waals surface area (Å²) in [6, 6.07) is 15.4. The van der Waals surface area contributed by atoms with Crippen LogP contribution in [0, 0.1) is 0 Å². The first-order chi connectivity index (χ1) is 14.7. The van der Waals surface area contributed by atoms with Crippen LogP contribution in [0.2, 0.25) is 0 Å².